The van der Waals surface area contributed by atoms with Crippen LogP contribution in [0.4, 0.5) is 0 Å². The maximum atomic E-state index is 11.9. The first kappa shape index (κ1) is 13.3. The topological polar surface area (TPSA) is 46.2 Å². The van der Waals surface area contributed by atoms with E-state index in [0.717, 1.165) is 19.3 Å². The van der Waals surface area contributed by atoms with Gasteiger partial charge in [0.2, 0.25) is 11.8 Å². The summed E-state index contributed by atoms with van der Waals surface area (Å²) in [4.78, 5) is 26.0. The summed E-state index contributed by atoms with van der Waals surface area (Å²) in [5, 5.41) is 2.46. The number of hydrogen-bond acceptors (Lipinski definition) is 3. The quantitative estimate of drug-likeness (QED) is 0.851. The third-order valence-corrected chi connectivity index (χ3v) is 4.85. The van der Waals surface area contributed by atoms with Crippen LogP contribution in [-0.4, -0.2) is 11.8 Å². The summed E-state index contributed by atoms with van der Waals surface area (Å²) < 4.78 is 0. The van der Waals surface area contributed by atoms with E-state index in [2.05, 4.69) is 31.3 Å². The van der Waals surface area contributed by atoms with Crippen molar-refractivity contribution in [3.8, 4) is 0 Å². The second-order valence-corrected chi connectivity index (χ2v) is 5.98. The van der Waals surface area contributed by atoms with E-state index >= 15 is 0 Å². The third-order valence-electron chi connectivity index (χ3n) is 3.49. The van der Waals surface area contributed by atoms with Crippen LogP contribution >= 0.6 is 11.3 Å². The van der Waals surface area contributed by atoms with Crippen LogP contribution in [0.1, 0.15) is 48.8 Å². The minimum atomic E-state index is -0.135. The smallest absolute Gasteiger partial charge is 0.230 e. The Kier molecular flexibility index (Phi) is 4.17. The van der Waals surface area contributed by atoms with Gasteiger partial charge in [-0.1, -0.05) is 20.3 Å². The minimum absolute atomic E-state index is 0.0453. The van der Waals surface area contributed by atoms with Gasteiger partial charge in [0.05, 0.1) is 0 Å². The molecule has 2 amide bonds. The number of imide groups is 1. The summed E-state index contributed by atoms with van der Waals surface area (Å²) in [6.45, 7) is 4.20. The van der Waals surface area contributed by atoms with Crippen molar-refractivity contribution in [1.29, 1.82) is 0 Å². The van der Waals surface area contributed by atoms with E-state index in [1.165, 1.54) is 9.75 Å². The molecule has 1 fully saturated rings. The van der Waals surface area contributed by atoms with Crippen LogP contribution in [0.25, 0.3) is 0 Å². The van der Waals surface area contributed by atoms with Crippen LogP contribution in [0.2, 0.25) is 0 Å². The van der Waals surface area contributed by atoms with Crippen molar-refractivity contribution in [2.75, 3.05) is 0 Å². The predicted octanol–water partition coefficient (Wildman–Crippen LogP) is 2.86. The number of rotatable bonds is 4. The Labute approximate surface area is 112 Å². The van der Waals surface area contributed by atoms with E-state index in [0.29, 0.717) is 6.42 Å². The summed E-state index contributed by atoms with van der Waals surface area (Å²) in [6.07, 6.45) is 3.27. The molecule has 0 aliphatic carbocycles. The van der Waals surface area contributed by atoms with Crippen molar-refractivity contribution < 1.29 is 9.59 Å². The number of aryl methyl sites for hydroxylation is 1. The molecule has 0 spiro atoms. The number of piperidine rings is 1. The van der Waals surface area contributed by atoms with Crippen molar-refractivity contribution in [3.63, 3.8) is 0 Å². The molecule has 0 aromatic carbocycles. The molecule has 0 saturated carbocycles. The van der Waals surface area contributed by atoms with Gasteiger partial charge in [0.15, 0.2) is 0 Å². The Morgan fingerprint density at radius 2 is 2.11 bits per heavy atom. The number of carbonyl (C=O) groups is 2. The highest BCUT2D eigenvalue weighted by atomic mass is 32.1. The lowest BCUT2D eigenvalue weighted by atomic mass is 9.81. The molecule has 98 valence electrons. The Bertz CT molecular complexity index is 452. The Morgan fingerprint density at radius 1 is 1.33 bits per heavy atom. The fourth-order valence-corrected chi connectivity index (χ4v) is 3.65. The van der Waals surface area contributed by atoms with Crippen LogP contribution in [-0.2, 0) is 16.0 Å². The molecule has 2 rings (SSSR count). The monoisotopic (exact) mass is 265 g/mol. The van der Waals surface area contributed by atoms with Crippen molar-refractivity contribution in [3.05, 3.63) is 21.9 Å². The van der Waals surface area contributed by atoms with Gasteiger partial charge >= 0.3 is 0 Å². The zero-order valence-electron chi connectivity index (χ0n) is 10.9. The van der Waals surface area contributed by atoms with Gasteiger partial charge in [-0.05, 0) is 25.0 Å². The number of amides is 2. The standard InChI is InChI=1S/C14H19NO2S/c1-3-5-10-11(8-13(16)15-14(10)17)12-7-6-9(4-2)18-12/h6-7,10-11H,3-5,8H2,1-2H3,(H,15,16,17). The molecule has 1 aliphatic rings. The molecule has 0 radical (unpaired) electrons. The first-order valence-corrected chi connectivity index (χ1v) is 7.39. The third kappa shape index (κ3) is 2.64. The molecule has 18 heavy (non-hydrogen) atoms. The first-order chi connectivity index (χ1) is 8.65. The van der Waals surface area contributed by atoms with Crippen molar-refractivity contribution in [2.45, 2.75) is 45.4 Å². The van der Waals surface area contributed by atoms with E-state index in [1.54, 1.807) is 11.3 Å². The average molecular weight is 265 g/mol. The van der Waals surface area contributed by atoms with Gasteiger partial charge in [-0.25, -0.2) is 0 Å². The lowest BCUT2D eigenvalue weighted by molar-refractivity contribution is -0.137. The molecule has 1 saturated heterocycles. The molecular weight excluding hydrogens is 246 g/mol. The number of thiophene rings is 1. The van der Waals surface area contributed by atoms with Crippen LogP contribution in [0.3, 0.4) is 0 Å². The molecule has 2 unspecified atom stereocenters. The SMILES string of the molecule is CCCC1C(=O)NC(=O)CC1c1ccc(CC)s1. The molecule has 1 aromatic rings. The molecule has 1 aromatic heterocycles. The van der Waals surface area contributed by atoms with E-state index in [1.807, 2.05) is 0 Å². The largest absolute Gasteiger partial charge is 0.296 e. The van der Waals surface area contributed by atoms with Crippen LogP contribution in [0.5, 0.6) is 0 Å². The summed E-state index contributed by atoms with van der Waals surface area (Å²) in [5.74, 6) is -0.194. The summed E-state index contributed by atoms with van der Waals surface area (Å²) in [6, 6.07) is 4.20. The summed E-state index contributed by atoms with van der Waals surface area (Å²) in [5.41, 5.74) is 0. The lowest BCUT2D eigenvalue weighted by Crippen LogP contribution is -2.44. The zero-order chi connectivity index (χ0) is 13.1. The van der Waals surface area contributed by atoms with Gasteiger partial charge in [-0.15, -0.1) is 11.3 Å². The lowest BCUT2D eigenvalue weighted by Gasteiger charge is -2.29. The molecule has 1 N–H and O–H groups in total. The molecule has 2 heterocycles. The fourth-order valence-electron chi connectivity index (χ4n) is 2.53. The first-order valence-electron chi connectivity index (χ1n) is 6.58. The number of nitrogens with one attached hydrogen (secondary N) is 1. The highest BCUT2D eigenvalue weighted by Crippen LogP contribution is 2.37. The average Bonchev–Trinajstić information content (AvgIpc) is 2.81. The Hall–Kier alpha value is -1.16. The van der Waals surface area contributed by atoms with Gasteiger partial charge in [0.1, 0.15) is 0 Å². The van der Waals surface area contributed by atoms with Gasteiger partial charge in [-0.2, -0.15) is 0 Å². The fraction of sp³-hybridized carbons (Fsp3) is 0.571. The summed E-state index contributed by atoms with van der Waals surface area (Å²) >= 11 is 1.74. The molecular formula is C14H19NO2S. The van der Waals surface area contributed by atoms with Crippen molar-refractivity contribution >= 4 is 23.2 Å². The normalized spacial score (nSPS) is 24.1. The highest BCUT2D eigenvalue weighted by molar-refractivity contribution is 7.12. The van der Waals surface area contributed by atoms with Crippen molar-refractivity contribution in [2.24, 2.45) is 5.92 Å². The highest BCUT2D eigenvalue weighted by Gasteiger charge is 2.36. The maximum absolute atomic E-state index is 11.9. The van der Waals surface area contributed by atoms with E-state index in [-0.39, 0.29) is 23.7 Å². The Morgan fingerprint density at radius 3 is 2.72 bits per heavy atom. The second kappa shape index (κ2) is 5.65. The number of carbonyl (C=O) groups excluding carboxylic acids is 2. The molecule has 4 heteroatoms. The van der Waals surface area contributed by atoms with Crippen LogP contribution in [0.15, 0.2) is 12.1 Å². The molecule has 0 bridgehead atoms. The Balaban J connectivity index is 2.25. The van der Waals surface area contributed by atoms with Gasteiger partial charge in [0, 0.05) is 28.0 Å². The van der Waals surface area contributed by atoms with E-state index in [4.69, 9.17) is 0 Å². The number of hydrogen-bond donors (Lipinski definition) is 1. The second-order valence-electron chi connectivity index (χ2n) is 4.78. The molecule has 2 atom stereocenters. The summed E-state index contributed by atoms with van der Waals surface area (Å²) in [7, 11) is 0. The zero-order valence-corrected chi connectivity index (χ0v) is 11.7. The minimum Gasteiger partial charge on any atom is -0.296 e. The molecule has 3 nitrogen and oxygen atoms in total. The van der Waals surface area contributed by atoms with Gasteiger partial charge in [0.25, 0.3) is 0 Å². The predicted molar refractivity (Wildman–Crippen MR) is 72.6 cm³/mol. The van der Waals surface area contributed by atoms with E-state index < -0.39 is 0 Å². The van der Waals surface area contributed by atoms with Gasteiger partial charge < -0.3 is 0 Å². The van der Waals surface area contributed by atoms with Crippen LogP contribution < -0.4 is 5.32 Å². The van der Waals surface area contributed by atoms with E-state index in [9.17, 15) is 9.59 Å². The maximum Gasteiger partial charge on any atom is 0.230 e. The van der Waals surface area contributed by atoms with Crippen LogP contribution in [0, 0.1) is 5.92 Å². The van der Waals surface area contributed by atoms with Crippen molar-refractivity contribution in [1.82, 2.24) is 5.32 Å². The molecule has 1 aliphatic heterocycles. The van der Waals surface area contributed by atoms with Gasteiger partial charge in [-0.3, -0.25) is 14.9 Å².